The lowest BCUT2D eigenvalue weighted by atomic mass is 10.2. The van der Waals surface area contributed by atoms with Crippen molar-refractivity contribution in [2.75, 3.05) is 11.9 Å². The summed E-state index contributed by atoms with van der Waals surface area (Å²) in [6.45, 7) is 4.32. The topological polar surface area (TPSA) is 92.8 Å². The van der Waals surface area contributed by atoms with Gasteiger partial charge in [0.15, 0.2) is 17.4 Å². The second-order valence-corrected chi connectivity index (χ2v) is 6.20. The highest BCUT2D eigenvalue weighted by atomic mass is 19.1. The number of hydrogen-bond acceptors (Lipinski definition) is 6. The zero-order chi connectivity index (χ0) is 19.2. The summed E-state index contributed by atoms with van der Waals surface area (Å²) in [6.07, 6.45) is 3.99. The molecule has 0 aliphatic rings. The van der Waals surface area contributed by atoms with Crippen LogP contribution >= 0.6 is 0 Å². The van der Waals surface area contributed by atoms with E-state index < -0.39 is 5.82 Å². The van der Waals surface area contributed by atoms with Crippen molar-refractivity contribution in [1.29, 1.82) is 0 Å². The highest BCUT2D eigenvalue weighted by molar-refractivity contribution is 5.91. The van der Waals surface area contributed by atoms with Crippen molar-refractivity contribution in [3.63, 3.8) is 0 Å². The first-order valence-electron chi connectivity index (χ1n) is 9.00. The molecule has 3 aromatic rings. The van der Waals surface area contributed by atoms with E-state index in [1.807, 2.05) is 13.8 Å². The average Bonchev–Trinajstić information content (AvgIpc) is 3.09. The van der Waals surface area contributed by atoms with Crippen LogP contribution in [0.15, 0.2) is 24.5 Å². The highest BCUT2D eigenvalue weighted by Crippen LogP contribution is 2.28. The number of fused-ring (bicyclic) bond motifs is 1. The Balaban J connectivity index is 1.82. The van der Waals surface area contributed by atoms with Gasteiger partial charge in [0.2, 0.25) is 0 Å². The molecule has 0 atom stereocenters. The molecule has 7 nitrogen and oxygen atoms in total. The number of carbonyl (C=O) groups excluding carboxylic acids is 1. The van der Waals surface area contributed by atoms with Gasteiger partial charge in [-0.2, -0.15) is 5.10 Å². The fourth-order valence-corrected chi connectivity index (χ4v) is 2.57. The van der Waals surface area contributed by atoms with Crippen LogP contribution in [0.2, 0.25) is 0 Å². The fourth-order valence-electron chi connectivity index (χ4n) is 2.57. The molecule has 0 fully saturated rings. The van der Waals surface area contributed by atoms with Crippen LogP contribution in [-0.2, 0) is 11.2 Å². The molecule has 0 spiro atoms. The molecule has 0 bridgehead atoms. The average molecular weight is 371 g/mol. The van der Waals surface area contributed by atoms with Crippen molar-refractivity contribution < 1.29 is 13.9 Å². The molecule has 3 rings (SSSR count). The minimum absolute atomic E-state index is 0.121. The number of unbranched alkanes of at least 4 members (excludes halogenated alkanes) is 1. The van der Waals surface area contributed by atoms with Gasteiger partial charge < -0.3 is 10.1 Å². The third-order valence-electron chi connectivity index (χ3n) is 4.10. The molecule has 0 aliphatic carbocycles. The number of rotatable bonds is 9. The minimum atomic E-state index is -0.465. The number of anilines is 2. The third-order valence-corrected chi connectivity index (χ3v) is 4.10. The lowest BCUT2D eigenvalue weighted by Crippen LogP contribution is -2.01. The van der Waals surface area contributed by atoms with Gasteiger partial charge in [-0.3, -0.25) is 9.89 Å². The fraction of sp³-hybridized carbons (Fsp3) is 0.368. The minimum Gasteiger partial charge on any atom is -0.490 e. The van der Waals surface area contributed by atoms with Crippen molar-refractivity contribution in [1.82, 2.24) is 20.2 Å². The first kappa shape index (κ1) is 18.8. The van der Waals surface area contributed by atoms with E-state index in [0.717, 1.165) is 12.8 Å². The van der Waals surface area contributed by atoms with Crippen molar-refractivity contribution >= 4 is 28.3 Å². The molecule has 2 aromatic heterocycles. The van der Waals surface area contributed by atoms with E-state index in [9.17, 15) is 9.18 Å². The van der Waals surface area contributed by atoms with E-state index in [1.54, 1.807) is 12.1 Å². The van der Waals surface area contributed by atoms with Gasteiger partial charge >= 0.3 is 0 Å². The summed E-state index contributed by atoms with van der Waals surface area (Å²) in [4.78, 5) is 19.9. The zero-order valence-corrected chi connectivity index (χ0v) is 15.4. The number of hydrogen-bond donors (Lipinski definition) is 2. The molecule has 27 heavy (non-hydrogen) atoms. The number of halogens is 1. The Morgan fingerprint density at radius 1 is 1.26 bits per heavy atom. The quantitative estimate of drug-likeness (QED) is 0.554. The molecule has 142 valence electrons. The maximum atomic E-state index is 14.4. The van der Waals surface area contributed by atoms with Crippen molar-refractivity contribution in [2.45, 2.75) is 39.5 Å². The molecule has 0 amide bonds. The summed E-state index contributed by atoms with van der Waals surface area (Å²) in [5.74, 6) is 0.764. The van der Waals surface area contributed by atoms with E-state index in [0.29, 0.717) is 47.7 Å². The van der Waals surface area contributed by atoms with Gasteiger partial charge in [0, 0.05) is 36.1 Å². The van der Waals surface area contributed by atoms with Crippen molar-refractivity contribution in [2.24, 2.45) is 0 Å². The monoisotopic (exact) mass is 371 g/mol. The number of nitrogens with one attached hydrogen (secondary N) is 2. The van der Waals surface area contributed by atoms with Gasteiger partial charge in [-0.25, -0.2) is 14.4 Å². The third kappa shape index (κ3) is 4.58. The molecule has 0 unspecified atom stereocenters. The molecule has 8 heteroatoms. The Labute approximate surface area is 156 Å². The Morgan fingerprint density at radius 2 is 2.11 bits per heavy atom. The van der Waals surface area contributed by atoms with Crippen LogP contribution in [0.4, 0.5) is 16.0 Å². The van der Waals surface area contributed by atoms with Gasteiger partial charge in [0.25, 0.3) is 0 Å². The van der Waals surface area contributed by atoms with E-state index in [-0.39, 0.29) is 11.5 Å². The SMILES string of the molecule is CCCCOc1cc2ncnc(Nc3cc(CC(=O)CC)[nH]n3)c2cc1F. The smallest absolute Gasteiger partial charge is 0.165 e. The van der Waals surface area contributed by atoms with Gasteiger partial charge in [-0.15, -0.1) is 0 Å². The van der Waals surface area contributed by atoms with Gasteiger partial charge in [0.1, 0.15) is 17.9 Å². The maximum absolute atomic E-state index is 14.4. The number of H-pyrrole nitrogens is 1. The predicted octanol–water partition coefficient (Wildman–Crippen LogP) is 3.94. The van der Waals surface area contributed by atoms with Crippen LogP contribution in [0.5, 0.6) is 5.75 Å². The summed E-state index contributed by atoms with van der Waals surface area (Å²) in [6, 6.07) is 4.66. The first-order chi connectivity index (χ1) is 13.1. The number of nitrogens with zero attached hydrogens (tertiary/aromatic N) is 3. The molecule has 0 aliphatic heterocycles. The molecular weight excluding hydrogens is 349 g/mol. The van der Waals surface area contributed by atoms with Crippen molar-refractivity contribution in [3.8, 4) is 5.75 Å². The molecule has 0 radical (unpaired) electrons. The molecule has 0 saturated carbocycles. The van der Waals surface area contributed by atoms with Crippen LogP contribution in [0.25, 0.3) is 10.9 Å². The molecule has 1 aromatic carbocycles. The summed E-state index contributed by atoms with van der Waals surface area (Å²) in [5, 5.41) is 10.5. The lowest BCUT2D eigenvalue weighted by Gasteiger charge is -2.10. The highest BCUT2D eigenvalue weighted by Gasteiger charge is 2.12. The molecule has 2 heterocycles. The van der Waals surface area contributed by atoms with E-state index in [2.05, 4.69) is 25.5 Å². The van der Waals surface area contributed by atoms with Crippen LogP contribution in [0.3, 0.4) is 0 Å². The predicted molar refractivity (Wildman–Crippen MR) is 101 cm³/mol. The first-order valence-corrected chi connectivity index (χ1v) is 9.00. The van der Waals surface area contributed by atoms with E-state index >= 15 is 0 Å². The Kier molecular flexibility index (Phi) is 5.95. The zero-order valence-electron chi connectivity index (χ0n) is 15.4. The number of Topliss-reactive ketones (excluding diaryl/α,β-unsaturated/α-hetero) is 1. The molecule has 0 saturated heterocycles. The summed E-state index contributed by atoms with van der Waals surface area (Å²) >= 11 is 0. The second-order valence-electron chi connectivity index (χ2n) is 6.20. The van der Waals surface area contributed by atoms with Crippen LogP contribution in [0, 0.1) is 5.82 Å². The van der Waals surface area contributed by atoms with Gasteiger partial charge in [-0.1, -0.05) is 20.3 Å². The van der Waals surface area contributed by atoms with Crippen LogP contribution in [-0.4, -0.2) is 32.6 Å². The van der Waals surface area contributed by atoms with Crippen LogP contribution in [0.1, 0.15) is 38.8 Å². The summed E-state index contributed by atoms with van der Waals surface area (Å²) in [5.41, 5.74) is 1.28. The normalized spacial score (nSPS) is 10.9. The maximum Gasteiger partial charge on any atom is 0.165 e. The Morgan fingerprint density at radius 3 is 2.89 bits per heavy atom. The number of aromatic nitrogens is 4. The largest absolute Gasteiger partial charge is 0.490 e. The second kappa shape index (κ2) is 8.57. The Hall–Kier alpha value is -3.03. The number of ether oxygens (including phenoxy) is 1. The molecular formula is C19H22FN5O2. The van der Waals surface area contributed by atoms with Crippen LogP contribution < -0.4 is 10.1 Å². The summed E-state index contributed by atoms with van der Waals surface area (Å²) in [7, 11) is 0. The number of benzene rings is 1. The number of ketones is 1. The Bertz CT molecular complexity index is 941. The van der Waals surface area contributed by atoms with Gasteiger partial charge in [-0.05, 0) is 12.5 Å². The van der Waals surface area contributed by atoms with Gasteiger partial charge in [0.05, 0.1) is 12.1 Å². The summed E-state index contributed by atoms with van der Waals surface area (Å²) < 4.78 is 19.9. The number of aromatic amines is 1. The molecule has 2 N–H and O–H groups in total. The number of carbonyl (C=O) groups is 1. The van der Waals surface area contributed by atoms with Crippen molar-refractivity contribution in [3.05, 3.63) is 36.0 Å². The standard InChI is InChI=1S/C19H22FN5O2/c1-3-5-6-27-17-10-16-14(9-15(17)20)19(22-11-21-16)23-18-8-12(24-25-18)7-13(26)4-2/h8-11H,3-7H2,1-2H3,(H2,21,22,23,24,25). The van der Waals surface area contributed by atoms with E-state index in [4.69, 9.17) is 4.74 Å². The van der Waals surface area contributed by atoms with E-state index in [1.165, 1.54) is 12.4 Å². The lowest BCUT2D eigenvalue weighted by molar-refractivity contribution is -0.118.